The fourth-order valence-electron chi connectivity index (χ4n) is 5.06. The maximum atomic E-state index is 12.1. The molecule has 14 heteroatoms. The summed E-state index contributed by atoms with van der Waals surface area (Å²) in [6, 6.07) is 10.8. The van der Waals surface area contributed by atoms with Gasteiger partial charge in [-0.1, -0.05) is 0 Å². The lowest BCUT2D eigenvalue weighted by molar-refractivity contribution is -0.275. The third-order valence-electron chi connectivity index (χ3n) is 7.43. The summed E-state index contributed by atoms with van der Waals surface area (Å²) in [6.45, 7) is 10.00. The molecule has 4 rings (SSSR count). The molecule has 0 aromatic heterocycles. The van der Waals surface area contributed by atoms with Crippen molar-refractivity contribution in [3.63, 3.8) is 0 Å². The van der Waals surface area contributed by atoms with Crippen LogP contribution in [0, 0.1) is 11.8 Å². The number of likely N-dealkylation sites (tertiary alicyclic amines) is 1. The molecule has 2 aromatic rings. The first-order valence-corrected chi connectivity index (χ1v) is 15.7. The molecule has 2 aliphatic rings. The number of halogens is 6. The molecular weight excluding hydrogens is 634 g/mol. The molecule has 1 N–H and O–H groups in total. The van der Waals surface area contributed by atoms with E-state index in [1.165, 1.54) is 48.5 Å². The van der Waals surface area contributed by atoms with Crippen LogP contribution in [0.25, 0.3) is 0 Å². The van der Waals surface area contributed by atoms with Gasteiger partial charge in [-0.25, -0.2) is 4.79 Å². The molecule has 2 fully saturated rings. The van der Waals surface area contributed by atoms with Crippen molar-refractivity contribution in [2.45, 2.75) is 77.6 Å². The number of rotatable bonds is 10. The van der Waals surface area contributed by atoms with Crippen molar-refractivity contribution >= 4 is 6.09 Å². The lowest BCUT2D eigenvalue weighted by Crippen LogP contribution is -2.41. The minimum absolute atomic E-state index is 0.233. The minimum atomic E-state index is -4.70. The van der Waals surface area contributed by atoms with Crippen molar-refractivity contribution < 1.29 is 54.8 Å². The molecule has 1 amide bonds. The number of piperidine rings is 2. The number of amides is 1. The Bertz CT molecular complexity index is 1190. The molecule has 0 saturated carbocycles. The zero-order valence-electron chi connectivity index (χ0n) is 26.9. The fraction of sp³-hybridized carbons (Fsp3) is 0.606. The average Bonchev–Trinajstić information content (AvgIpc) is 2.98. The van der Waals surface area contributed by atoms with Gasteiger partial charge in [0.1, 0.15) is 28.6 Å². The first-order chi connectivity index (χ1) is 22.0. The van der Waals surface area contributed by atoms with E-state index in [9.17, 15) is 31.1 Å². The van der Waals surface area contributed by atoms with Crippen LogP contribution in [0.4, 0.5) is 31.1 Å². The highest BCUT2D eigenvalue weighted by atomic mass is 19.4. The third-order valence-corrected chi connectivity index (χ3v) is 7.43. The molecule has 0 radical (unpaired) electrons. The lowest BCUT2D eigenvalue weighted by Gasteiger charge is -2.33. The second kappa shape index (κ2) is 17.6. The molecule has 2 heterocycles. The van der Waals surface area contributed by atoms with Crippen LogP contribution >= 0.6 is 0 Å². The molecule has 0 spiro atoms. The van der Waals surface area contributed by atoms with Crippen LogP contribution in [0.1, 0.15) is 59.3 Å². The molecule has 0 atom stereocenters. The lowest BCUT2D eigenvalue weighted by atomic mass is 9.94. The molecule has 0 bridgehead atoms. The van der Waals surface area contributed by atoms with Gasteiger partial charge >= 0.3 is 18.8 Å². The zero-order valence-corrected chi connectivity index (χ0v) is 26.9. The molecule has 0 unspecified atom stereocenters. The Hall–Kier alpha value is -3.55. The van der Waals surface area contributed by atoms with Crippen molar-refractivity contribution in [3.05, 3.63) is 48.5 Å². The van der Waals surface area contributed by atoms with Crippen LogP contribution < -0.4 is 24.3 Å². The largest absolute Gasteiger partial charge is 0.573 e. The Morgan fingerprint density at radius 1 is 0.681 bits per heavy atom. The number of hydrogen-bond donors (Lipinski definition) is 1. The van der Waals surface area contributed by atoms with Crippen molar-refractivity contribution in [3.8, 4) is 23.0 Å². The number of alkyl halides is 6. The number of benzene rings is 2. The van der Waals surface area contributed by atoms with E-state index in [4.69, 9.17) is 14.2 Å². The second-order valence-corrected chi connectivity index (χ2v) is 12.4. The second-order valence-electron chi connectivity index (χ2n) is 12.4. The molecule has 47 heavy (non-hydrogen) atoms. The Kier molecular flexibility index (Phi) is 14.2. The molecule has 8 nitrogen and oxygen atoms in total. The van der Waals surface area contributed by atoms with E-state index in [-0.39, 0.29) is 17.6 Å². The minimum Gasteiger partial charge on any atom is -0.494 e. The highest BCUT2D eigenvalue weighted by Crippen LogP contribution is 2.27. The maximum Gasteiger partial charge on any atom is 0.573 e. The first kappa shape index (κ1) is 37.9. The summed E-state index contributed by atoms with van der Waals surface area (Å²) in [4.78, 5) is 13.8. The van der Waals surface area contributed by atoms with Crippen LogP contribution in [0.5, 0.6) is 23.0 Å². The van der Waals surface area contributed by atoms with Crippen molar-refractivity contribution in [1.29, 1.82) is 0 Å². The van der Waals surface area contributed by atoms with E-state index in [0.717, 1.165) is 51.6 Å². The molecule has 2 aromatic carbocycles. The van der Waals surface area contributed by atoms with Crippen LogP contribution in [0.3, 0.4) is 0 Å². The summed E-state index contributed by atoms with van der Waals surface area (Å²) >= 11 is 0. The van der Waals surface area contributed by atoms with E-state index in [2.05, 4.69) is 14.8 Å². The highest BCUT2D eigenvalue weighted by molar-refractivity contribution is 5.68. The van der Waals surface area contributed by atoms with Crippen molar-refractivity contribution in [1.82, 2.24) is 10.2 Å². The van der Waals surface area contributed by atoms with E-state index < -0.39 is 18.3 Å². The molecular formula is C33H44F6N2O6. The summed E-state index contributed by atoms with van der Waals surface area (Å²) in [5.41, 5.74) is -0.498. The van der Waals surface area contributed by atoms with Gasteiger partial charge in [0, 0.05) is 13.1 Å². The molecule has 2 aliphatic heterocycles. The first-order valence-electron chi connectivity index (χ1n) is 15.7. The van der Waals surface area contributed by atoms with Gasteiger partial charge in [-0.3, -0.25) is 0 Å². The summed E-state index contributed by atoms with van der Waals surface area (Å²) < 4.78 is 96.5. The summed E-state index contributed by atoms with van der Waals surface area (Å²) in [7, 11) is 0. The third kappa shape index (κ3) is 16.2. The number of hydrogen-bond acceptors (Lipinski definition) is 7. The SMILES string of the molecule is CC(C)(C)OC(=O)N1CCC(CCOc2ccc(OC(F)(F)F)cc2)CC1.FC(F)(F)Oc1ccc(OCCC2CCNCC2)cc1. The Labute approximate surface area is 271 Å². The van der Waals surface area contributed by atoms with Gasteiger partial charge in [-0.2, -0.15) is 0 Å². The summed E-state index contributed by atoms with van der Waals surface area (Å²) in [5.74, 6) is 1.66. The molecule has 2 saturated heterocycles. The number of carbonyl (C=O) groups excluding carboxylic acids is 1. The quantitative estimate of drug-likeness (QED) is 0.253. The highest BCUT2D eigenvalue weighted by Gasteiger charge is 2.32. The predicted molar refractivity (Wildman–Crippen MR) is 163 cm³/mol. The zero-order chi connectivity index (χ0) is 34.5. The number of nitrogens with one attached hydrogen (secondary N) is 1. The van der Waals surface area contributed by atoms with Crippen LogP contribution in [0.15, 0.2) is 48.5 Å². The van der Waals surface area contributed by atoms with E-state index >= 15 is 0 Å². The Morgan fingerprint density at radius 3 is 1.45 bits per heavy atom. The monoisotopic (exact) mass is 678 g/mol. The average molecular weight is 679 g/mol. The van der Waals surface area contributed by atoms with Gasteiger partial charge in [0.2, 0.25) is 0 Å². The summed E-state index contributed by atoms with van der Waals surface area (Å²) in [6.07, 6.45) is -3.77. The van der Waals surface area contributed by atoms with Gasteiger partial charge in [0.05, 0.1) is 13.2 Å². The van der Waals surface area contributed by atoms with E-state index in [1.54, 1.807) is 4.90 Å². The normalized spacial score (nSPS) is 16.5. The van der Waals surface area contributed by atoms with Crippen LogP contribution in [-0.2, 0) is 4.74 Å². The van der Waals surface area contributed by atoms with Gasteiger partial charge < -0.3 is 33.9 Å². The van der Waals surface area contributed by atoms with Gasteiger partial charge in [0.15, 0.2) is 0 Å². The topological polar surface area (TPSA) is 78.5 Å². The number of nitrogens with zero attached hydrogens (tertiary/aromatic N) is 1. The standard InChI is InChI=1S/C19H26F3NO4.C14H18F3NO2/c1-18(2,3)27-17(24)23-11-8-14(9-12-23)10-13-25-15-4-6-16(7-5-15)26-19(20,21)22;15-14(16,17)20-13-3-1-12(2-4-13)19-10-7-11-5-8-18-9-6-11/h4-7,14H,8-13H2,1-3H3;1-4,11,18H,5-10H2. The van der Waals surface area contributed by atoms with Gasteiger partial charge in [-0.05, 0) is 133 Å². The molecule has 264 valence electrons. The Balaban J connectivity index is 0.000000267. The number of ether oxygens (including phenoxy) is 5. The number of carbonyl (C=O) groups is 1. The van der Waals surface area contributed by atoms with Crippen LogP contribution in [0.2, 0.25) is 0 Å². The van der Waals surface area contributed by atoms with E-state index in [1.807, 2.05) is 20.8 Å². The summed E-state index contributed by atoms with van der Waals surface area (Å²) in [5, 5.41) is 3.30. The smallest absolute Gasteiger partial charge is 0.494 e. The van der Waals surface area contributed by atoms with Crippen molar-refractivity contribution in [2.75, 3.05) is 39.4 Å². The van der Waals surface area contributed by atoms with Gasteiger partial charge in [0.25, 0.3) is 0 Å². The van der Waals surface area contributed by atoms with Gasteiger partial charge in [-0.15, -0.1) is 26.3 Å². The predicted octanol–water partition coefficient (Wildman–Crippen LogP) is 8.35. The maximum absolute atomic E-state index is 12.1. The van der Waals surface area contributed by atoms with Crippen molar-refractivity contribution in [2.24, 2.45) is 11.8 Å². The Morgan fingerprint density at radius 2 is 1.06 bits per heavy atom. The van der Waals surface area contributed by atoms with E-state index in [0.29, 0.717) is 49.6 Å². The fourth-order valence-corrected chi connectivity index (χ4v) is 5.06. The molecule has 0 aliphatic carbocycles. The van der Waals surface area contributed by atoms with Crippen LogP contribution in [-0.4, -0.2) is 68.7 Å².